The van der Waals surface area contributed by atoms with E-state index in [2.05, 4.69) is 25.8 Å². The molecule has 0 aromatic carbocycles. The first-order valence-corrected chi connectivity index (χ1v) is 9.35. The van der Waals surface area contributed by atoms with E-state index in [-0.39, 0.29) is 17.8 Å². The lowest BCUT2D eigenvalue weighted by molar-refractivity contribution is 0.0995. The minimum atomic E-state index is -0.647. The van der Waals surface area contributed by atoms with Gasteiger partial charge in [0.15, 0.2) is 11.5 Å². The van der Waals surface area contributed by atoms with Gasteiger partial charge in [0.05, 0.1) is 5.69 Å². The third kappa shape index (κ3) is 4.71. The summed E-state index contributed by atoms with van der Waals surface area (Å²) in [6.07, 6.45) is 5.46. The molecule has 8 heteroatoms. The topological polar surface area (TPSA) is 132 Å². The molecule has 0 radical (unpaired) electrons. The Labute approximate surface area is 159 Å². The second-order valence-electron chi connectivity index (χ2n) is 7.13. The predicted octanol–water partition coefficient (Wildman–Crippen LogP) is 2.40. The normalized spacial score (nSPS) is 20.0. The van der Waals surface area contributed by atoms with E-state index in [0.717, 1.165) is 36.9 Å². The van der Waals surface area contributed by atoms with Gasteiger partial charge in [-0.15, -0.1) is 10.2 Å². The van der Waals surface area contributed by atoms with E-state index in [1.807, 2.05) is 26.0 Å². The zero-order valence-corrected chi connectivity index (χ0v) is 15.8. The molecule has 1 saturated carbocycles. The van der Waals surface area contributed by atoms with E-state index < -0.39 is 5.91 Å². The third-order valence-corrected chi connectivity index (χ3v) is 5.04. The van der Waals surface area contributed by atoms with Crippen LogP contribution in [0.3, 0.4) is 0 Å². The van der Waals surface area contributed by atoms with E-state index in [0.29, 0.717) is 17.3 Å². The van der Waals surface area contributed by atoms with E-state index in [1.165, 1.54) is 6.42 Å². The number of hydrogen-bond acceptors (Lipinski definition) is 7. The first kappa shape index (κ1) is 19.0. The fourth-order valence-electron chi connectivity index (χ4n) is 3.28. The van der Waals surface area contributed by atoms with Crippen molar-refractivity contribution in [1.29, 1.82) is 0 Å². The highest BCUT2D eigenvalue weighted by molar-refractivity contribution is 5.97. The van der Waals surface area contributed by atoms with Gasteiger partial charge in [0.2, 0.25) is 0 Å². The Balaban J connectivity index is 1.85. The Morgan fingerprint density at radius 1 is 1.11 bits per heavy atom. The van der Waals surface area contributed by atoms with Gasteiger partial charge in [0, 0.05) is 23.8 Å². The smallest absolute Gasteiger partial charge is 0.271 e. The van der Waals surface area contributed by atoms with Crippen molar-refractivity contribution >= 4 is 23.2 Å². The number of nitrogens with one attached hydrogen (secondary N) is 2. The van der Waals surface area contributed by atoms with Gasteiger partial charge >= 0.3 is 0 Å². The largest absolute Gasteiger partial charge is 0.364 e. The summed E-state index contributed by atoms with van der Waals surface area (Å²) in [6.45, 7) is 3.92. The molecule has 1 aliphatic rings. The van der Waals surface area contributed by atoms with Gasteiger partial charge in [0.1, 0.15) is 5.82 Å². The van der Waals surface area contributed by atoms with Crippen molar-refractivity contribution in [2.24, 2.45) is 11.5 Å². The number of rotatable bonds is 5. The summed E-state index contributed by atoms with van der Waals surface area (Å²) in [5.41, 5.74) is 14.3. The maximum absolute atomic E-state index is 11.8. The van der Waals surface area contributed by atoms with Crippen LogP contribution in [-0.4, -0.2) is 33.2 Å². The fraction of sp³-hybridized carbons (Fsp3) is 0.474. The van der Waals surface area contributed by atoms with Gasteiger partial charge in [0.25, 0.3) is 5.91 Å². The highest BCUT2D eigenvalue weighted by Gasteiger charge is 2.22. The summed E-state index contributed by atoms with van der Waals surface area (Å²) in [7, 11) is 0. The van der Waals surface area contributed by atoms with E-state index in [1.54, 1.807) is 6.07 Å². The second kappa shape index (κ2) is 8.30. The van der Waals surface area contributed by atoms with E-state index in [9.17, 15) is 4.79 Å². The number of primary amides is 1. The number of amides is 1. The SMILES string of the molecule is Cc1ccc(Nc2cc(N[C@@H]3CCCCC[C@@H]3N)nnc2C(N)=O)nc1C. The number of aryl methyl sites for hydroxylation is 2. The molecule has 144 valence electrons. The molecule has 1 aliphatic carbocycles. The number of carbonyl (C=O) groups excluding carboxylic acids is 1. The fourth-order valence-corrected chi connectivity index (χ4v) is 3.28. The van der Waals surface area contributed by atoms with Gasteiger partial charge in [-0.25, -0.2) is 4.98 Å². The number of pyridine rings is 1. The van der Waals surface area contributed by atoms with Crippen LogP contribution in [0.1, 0.15) is 53.8 Å². The van der Waals surface area contributed by atoms with Crippen LogP contribution in [0.4, 0.5) is 17.3 Å². The average molecular weight is 369 g/mol. The Morgan fingerprint density at radius 2 is 1.89 bits per heavy atom. The summed E-state index contributed by atoms with van der Waals surface area (Å²) >= 11 is 0. The monoisotopic (exact) mass is 369 g/mol. The predicted molar refractivity (Wildman–Crippen MR) is 106 cm³/mol. The highest BCUT2D eigenvalue weighted by atomic mass is 16.1. The van der Waals surface area contributed by atoms with Crippen LogP contribution in [0.2, 0.25) is 0 Å². The van der Waals surface area contributed by atoms with Crippen LogP contribution in [0.25, 0.3) is 0 Å². The summed E-state index contributed by atoms with van der Waals surface area (Å²) in [6, 6.07) is 5.76. The Hall–Kier alpha value is -2.74. The van der Waals surface area contributed by atoms with Crippen LogP contribution >= 0.6 is 0 Å². The minimum absolute atomic E-state index is 0.0722. The highest BCUT2D eigenvalue weighted by Crippen LogP contribution is 2.24. The molecule has 0 bridgehead atoms. The maximum Gasteiger partial charge on any atom is 0.271 e. The molecule has 2 aromatic rings. The first-order chi connectivity index (χ1) is 12.9. The molecule has 0 unspecified atom stereocenters. The number of carbonyl (C=O) groups is 1. The molecule has 1 fully saturated rings. The Kier molecular flexibility index (Phi) is 5.85. The minimum Gasteiger partial charge on any atom is -0.364 e. The number of nitrogens with two attached hydrogens (primary N) is 2. The lowest BCUT2D eigenvalue weighted by Crippen LogP contribution is -2.39. The van der Waals surface area contributed by atoms with Crippen molar-refractivity contribution < 1.29 is 4.79 Å². The zero-order chi connectivity index (χ0) is 19.4. The summed E-state index contributed by atoms with van der Waals surface area (Å²) in [4.78, 5) is 16.2. The molecule has 2 atom stereocenters. The maximum atomic E-state index is 11.8. The van der Waals surface area contributed by atoms with Gasteiger partial charge in [-0.2, -0.15) is 0 Å². The van der Waals surface area contributed by atoms with Gasteiger partial charge in [-0.05, 0) is 38.3 Å². The molecule has 1 amide bonds. The van der Waals surface area contributed by atoms with Crippen molar-refractivity contribution in [3.05, 3.63) is 35.2 Å². The first-order valence-electron chi connectivity index (χ1n) is 9.35. The third-order valence-electron chi connectivity index (χ3n) is 5.04. The molecule has 2 aromatic heterocycles. The molecule has 3 rings (SSSR count). The molecule has 0 saturated heterocycles. The van der Waals surface area contributed by atoms with Crippen molar-refractivity contribution in [2.75, 3.05) is 10.6 Å². The lowest BCUT2D eigenvalue weighted by Gasteiger charge is -2.23. The quantitative estimate of drug-likeness (QED) is 0.595. The molecule has 8 nitrogen and oxygen atoms in total. The molecular formula is C19H27N7O. The van der Waals surface area contributed by atoms with Crippen molar-refractivity contribution in [1.82, 2.24) is 15.2 Å². The van der Waals surface area contributed by atoms with E-state index in [4.69, 9.17) is 11.5 Å². The Bertz CT molecular complexity index is 824. The molecular weight excluding hydrogens is 342 g/mol. The molecule has 0 aliphatic heterocycles. The summed E-state index contributed by atoms with van der Waals surface area (Å²) in [5, 5.41) is 14.6. The number of anilines is 3. The number of nitrogens with zero attached hydrogens (tertiary/aromatic N) is 3. The van der Waals surface area contributed by atoms with Gasteiger partial charge in [-0.1, -0.05) is 25.3 Å². The van der Waals surface area contributed by atoms with Gasteiger partial charge < -0.3 is 22.1 Å². The molecule has 6 N–H and O–H groups in total. The Morgan fingerprint density at radius 3 is 2.63 bits per heavy atom. The van der Waals surface area contributed by atoms with Crippen molar-refractivity contribution in [3.63, 3.8) is 0 Å². The van der Waals surface area contributed by atoms with Crippen LogP contribution in [0.5, 0.6) is 0 Å². The van der Waals surface area contributed by atoms with Crippen LogP contribution in [-0.2, 0) is 0 Å². The number of hydrogen-bond donors (Lipinski definition) is 4. The standard InChI is InChI=1S/C19H27N7O/c1-11-8-9-16(22-12(11)2)24-15-10-17(25-26-18(15)19(21)27)23-14-7-5-3-4-6-13(14)20/h8-10,13-14H,3-7,20H2,1-2H3,(H2,21,27)(H2,22,23,24,25)/t13-,14+/m0/s1. The average Bonchev–Trinajstić information content (AvgIpc) is 2.83. The second-order valence-corrected chi connectivity index (χ2v) is 7.13. The van der Waals surface area contributed by atoms with Crippen molar-refractivity contribution in [2.45, 2.75) is 58.0 Å². The van der Waals surface area contributed by atoms with Crippen molar-refractivity contribution in [3.8, 4) is 0 Å². The zero-order valence-electron chi connectivity index (χ0n) is 15.8. The van der Waals surface area contributed by atoms with Gasteiger partial charge in [-0.3, -0.25) is 4.79 Å². The summed E-state index contributed by atoms with van der Waals surface area (Å²) < 4.78 is 0. The molecule has 0 spiro atoms. The van der Waals surface area contributed by atoms with Crippen LogP contribution < -0.4 is 22.1 Å². The van der Waals surface area contributed by atoms with Crippen LogP contribution in [0, 0.1) is 13.8 Å². The van der Waals surface area contributed by atoms with Crippen LogP contribution in [0.15, 0.2) is 18.2 Å². The lowest BCUT2D eigenvalue weighted by atomic mass is 10.0. The van der Waals surface area contributed by atoms with E-state index >= 15 is 0 Å². The molecule has 27 heavy (non-hydrogen) atoms. The number of aromatic nitrogens is 3. The molecule has 2 heterocycles. The summed E-state index contributed by atoms with van der Waals surface area (Å²) in [5.74, 6) is 0.533.